The van der Waals surface area contributed by atoms with Crippen LogP contribution >= 0.6 is 0 Å². The van der Waals surface area contributed by atoms with Crippen LogP contribution in [0.15, 0.2) is 127 Å². The smallest absolute Gasteiger partial charge is 0.368 e. The monoisotopic (exact) mass is 582 g/mol. The summed E-state index contributed by atoms with van der Waals surface area (Å²) in [7, 11) is 0. The van der Waals surface area contributed by atoms with E-state index in [1.54, 1.807) is 18.2 Å². The number of hydrogen-bond donors (Lipinski definition) is 2. The minimum Gasteiger partial charge on any atom is -0.421 e. The molecule has 1 aromatic heterocycles. The molecule has 1 atom stereocenters. The summed E-state index contributed by atoms with van der Waals surface area (Å²) in [5, 5.41) is 6.28. The third kappa shape index (κ3) is 4.91. The first kappa shape index (κ1) is 27.2. The van der Waals surface area contributed by atoms with Crippen molar-refractivity contribution in [3.05, 3.63) is 150 Å². The van der Waals surface area contributed by atoms with Gasteiger partial charge in [-0.05, 0) is 29.3 Å². The first-order chi connectivity index (χ1) is 21.4. The minimum absolute atomic E-state index is 0.0366. The van der Waals surface area contributed by atoms with Crippen molar-refractivity contribution in [3.63, 3.8) is 0 Å². The fraction of sp³-hybridized carbons (Fsp3) is 0.0556. The fourth-order valence-corrected chi connectivity index (χ4v) is 5.37. The Balaban J connectivity index is 1.30. The molecule has 0 bridgehead atoms. The van der Waals surface area contributed by atoms with Gasteiger partial charge in [-0.2, -0.15) is 8.78 Å². The lowest BCUT2D eigenvalue weighted by Crippen LogP contribution is -2.43. The zero-order valence-electron chi connectivity index (χ0n) is 23.4. The van der Waals surface area contributed by atoms with Crippen molar-refractivity contribution in [2.24, 2.45) is 5.73 Å². The van der Waals surface area contributed by atoms with Gasteiger partial charge in [-0.3, -0.25) is 5.73 Å². The first-order valence-corrected chi connectivity index (χ1v) is 14.0. The van der Waals surface area contributed by atoms with E-state index in [0.29, 0.717) is 39.7 Å². The molecule has 8 heteroatoms. The second-order valence-corrected chi connectivity index (χ2v) is 10.4. The van der Waals surface area contributed by atoms with E-state index in [2.05, 4.69) is 0 Å². The molecule has 0 saturated heterocycles. The van der Waals surface area contributed by atoms with Gasteiger partial charge in [-0.1, -0.05) is 109 Å². The zero-order chi connectivity index (χ0) is 30.3. The average molecular weight is 583 g/mol. The number of nitrogens with two attached hydrogens (primary N) is 2. The maximum absolute atomic E-state index is 15.7. The minimum atomic E-state index is -3.19. The Bertz CT molecular complexity index is 1940. The Labute approximate surface area is 252 Å². The summed E-state index contributed by atoms with van der Waals surface area (Å²) in [5.74, 6) is -1.82. The standard InChI is InChI=1S/C36H25F2N5O/c37-36(38)29-18-16-25(32(40)44-31(39)22-10-4-1-5-11-22)20-27(29)28-21-26(17-19-30(28)36)35-42-33(23-12-6-2-7-13-23)41-34(43-35)24-14-8-3-9-15-24/h1-21,31,40H,39H2/p+1. The lowest BCUT2D eigenvalue weighted by Gasteiger charge is -2.14. The number of nitrogens with zero attached hydrogens (tertiary/aromatic N) is 3. The van der Waals surface area contributed by atoms with Crippen LogP contribution in [0, 0.1) is 0 Å². The molecule has 0 spiro atoms. The summed E-state index contributed by atoms with van der Waals surface area (Å²) in [4.78, 5) is 14.2. The van der Waals surface area contributed by atoms with Crippen molar-refractivity contribution in [2.75, 3.05) is 0 Å². The largest absolute Gasteiger partial charge is 0.421 e. The number of hydrogen-bond acceptors (Lipinski definition) is 5. The number of benzene rings is 5. The Hall–Kier alpha value is -5.60. The third-order valence-corrected chi connectivity index (χ3v) is 7.63. The van der Waals surface area contributed by atoms with Gasteiger partial charge in [0.05, 0.1) is 5.56 Å². The molecule has 7 rings (SSSR count). The zero-order valence-corrected chi connectivity index (χ0v) is 23.4. The molecule has 1 aliphatic carbocycles. The normalized spacial score (nSPS) is 13.5. The average Bonchev–Trinajstić information content (AvgIpc) is 3.30. The highest BCUT2D eigenvalue weighted by Crippen LogP contribution is 2.52. The Morgan fingerprint density at radius 2 is 1.09 bits per heavy atom. The number of aromatic nitrogens is 3. The molecule has 6 aromatic rings. The van der Waals surface area contributed by atoms with Crippen LogP contribution in [-0.2, 0) is 10.7 Å². The van der Waals surface area contributed by atoms with Crippen LogP contribution in [0.1, 0.15) is 28.5 Å². The summed E-state index contributed by atoms with van der Waals surface area (Å²) < 4.78 is 37.1. The van der Waals surface area contributed by atoms with Gasteiger partial charge < -0.3 is 4.74 Å². The van der Waals surface area contributed by atoms with E-state index in [1.807, 2.05) is 91.0 Å². The molecule has 44 heavy (non-hydrogen) atoms. The van der Waals surface area contributed by atoms with Gasteiger partial charge in [0, 0.05) is 33.4 Å². The van der Waals surface area contributed by atoms with Gasteiger partial charge in [0.2, 0.25) is 0 Å². The summed E-state index contributed by atoms with van der Waals surface area (Å²) in [5.41, 5.74) is 10.1. The highest BCUT2D eigenvalue weighted by atomic mass is 19.3. The number of alkyl halides is 2. The van der Waals surface area contributed by atoms with Gasteiger partial charge in [0.25, 0.3) is 5.92 Å². The Morgan fingerprint density at radius 3 is 1.66 bits per heavy atom. The molecule has 1 heterocycles. The molecule has 0 saturated carbocycles. The maximum atomic E-state index is 15.7. The number of fused-ring (bicyclic) bond motifs is 3. The molecule has 6 nitrogen and oxygen atoms in total. The van der Waals surface area contributed by atoms with Crippen LogP contribution in [0.4, 0.5) is 8.78 Å². The van der Waals surface area contributed by atoms with E-state index in [1.165, 1.54) is 18.2 Å². The Kier molecular flexibility index (Phi) is 6.75. The number of halogens is 2. The molecule has 1 aliphatic rings. The molecule has 214 valence electrons. The van der Waals surface area contributed by atoms with Crippen LogP contribution in [0.2, 0.25) is 0 Å². The second-order valence-electron chi connectivity index (χ2n) is 10.4. The van der Waals surface area contributed by atoms with E-state index in [4.69, 9.17) is 30.8 Å². The molecule has 0 amide bonds. The van der Waals surface area contributed by atoms with Crippen molar-refractivity contribution < 1.29 is 18.9 Å². The lowest BCUT2D eigenvalue weighted by molar-refractivity contribution is -0.143. The van der Waals surface area contributed by atoms with Gasteiger partial charge in [-0.15, -0.1) is 0 Å². The van der Waals surface area contributed by atoms with E-state index < -0.39 is 12.2 Å². The summed E-state index contributed by atoms with van der Waals surface area (Å²) in [6.07, 6.45) is -0.814. The highest BCUT2D eigenvalue weighted by Gasteiger charge is 2.45. The molecule has 5 aromatic carbocycles. The topological polar surface area (TPSA) is 99.5 Å². The predicted molar refractivity (Wildman–Crippen MR) is 165 cm³/mol. The van der Waals surface area contributed by atoms with E-state index in [0.717, 1.165) is 16.7 Å². The Morgan fingerprint density at radius 1 is 0.614 bits per heavy atom. The van der Waals surface area contributed by atoms with Gasteiger partial charge in [0.1, 0.15) is 0 Å². The van der Waals surface area contributed by atoms with Crippen molar-refractivity contribution in [1.82, 2.24) is 15.0 Å². The number of ether oxygens (including phenoxy) is 1. The summed E-state index contributed by atoms with van der Waals surface area (Å²) >= 11 is 0. The van der Waals surface area contributed by atoms with Gasteiger partial charge >= 0.3 is 5.90 Å². The first-order valence-electron chi connectivity index (χ1n) is 14.0. The van der Waals surface area contributed by atoms with Crippen molar-refractivity contribution in [1.29, 1.82) is 0 Å². The van der Waals surface area contributed by atoms with Crippen LogP contribution in [-0.4, -0.2) is 20.8 Å². The van der Waals surface area contributed by atoms with E-state index in [9.17, 15) is 0 Å². The van der Waals surface area contributed by atoms with Crippen LogP contribution < -0.4 is 11.1 Å². The van der Waals surface area contributed by atoms with Crippen LogP contribution in [0.3, 0.4) is 0 Å². The predicted octanol–water partition coefficient (Wildman–Crippen LogP) is 6.17. The maximum Gasteiger partial charge on any atom is 0.368 e. The summed E-state index contributed by atoms with van der Waals surface area (Å²) in [6.45, 7) is 0. The molecular weight excluding hydrogens is 556 g/mol. The molecule has 4 N–H and O–H groups in total. The molecule has 0 fully saturated rings. The fourth-order valence-electron chi connectivity index (χ4n) is 5.37. The van der Waals surface area contributed by atoms with Gasteiger partial charge in [-0.25, -0.2) is 20.4 Å². The van der Waals surface area contributed by atoms with E-state index in [-0.39, 0.29) is 17.0 Å². The molecule has 1 unspecified atom stereocenters. The SMILES string of the molecule is NC(OC(=[NH2+])c1ccc2c(c1)-c1cc(-c3nc(-c4ccccc4)nc(-c4ccccc4)n3)ccc1C2(F)F)c1ccccc1. The van der Waals surface area contributed by atoms with Crippen LogP contribution in [0.5, 0.6) is 0 Å². The lowest BCUT2D eigenvalue weighted by atomic mass is 10.0. The number of rotatable bonds is 6. The van der Waals surface area contributed by atoms with Crippen molar-refractivity contribution >= 4 is 5.90 Å². The highest BCUT2D eigenvalue weighted by molar-refractivity contribution is 5.93. The molecular formula is C36H26F2N5O+. The quantitative estimate of drug-likeness (QED) is 0.139. The van der Waals surface area contributed by atoms with Crippen LogP contribution in [0.25, 0.3) is 45.3 Å². The van der Waals surface area contributed by atoms with Gasteiger partial charge in [0.15, 0.2) is 23.7 Å². The second kappa shape index (κ2) is 10.9. The molecule has 0 aliphatic heterocycles. The van der Waals surface area contributed by atoms with E-state index >= 15 is 8.78 Å². The molecule has 0 radical (unpaired) electrons. The third-order valence-electron chi connectivity index (χ3n) is 7.63. The van der Waals surface area contributed by atoms with Crippen molar-refractivity contribution in [3.8, 4) is 45.3 Å². The van der Waals surface area contributed by atoms with Crippen molar-refractivity contribution in [2.45, 2.75) is 12.2 Å². The summed E-state index contributed by atoms with van der Waals surface area (Å²) in [6, 6.07) is 37.6.